The Hall–Kier alpha value is -1.62. The number of carbonyl (C=O) groups excluding carboxylic acids is 1. The van der Waals surface area contributed by atoms with Gasteiger partial charge in [-0.2, -0.15) is 0 Å². The number of rotatable bonds is 4. The lowest BCUT2D eigenvalue weighted by molar-refractivity contribution is -0.141. The molecule has 2 aliphatic heterocycles. The van der Waals surface area contributed by atoms with Gasteiger partial charge in [-0.15, -0.1) is 0 Å². The largest absolute Gasteiger partial charge is 0.491 e. The van der Waals surface area contributed by atoms with E-state index in [0.29, 0.717) is 19.0 Å². The zero-order chi connectivity index (χ0) is 15.4. The molecule has 1 aromatic carbocycles. The fraction of sp³-hybridized carbons (Fsp3) is 0.588. The first-order valence-electron chi connectivity index (χ1n) is 8.00. The minimum Gasteiger partial charge on any atom is -0.491 e. The monoisotopic (exact) mass is 307 g/mol. The highest BCUT2D eigenvalue weighted by Crippen LogP contribution is 2.24. The lowest BCUT2D eigenvalue weighted by Gasteiger charge is -2.30. The predicted octanol–water partition coefficient (Wildman–Crippen LogP) is 2.62. The standard InChI is InChI=1S/C17H22FNO3/c18-14-5-7-16(8-6-14)22-12-15-4-1-9-19(15)17(20)13-3-2-10-21-11-13/h5-8,13,15H,1-4,9-12H2/t13-,15+/m0/s1. The summed E-state index contributed by atoms with van der Waals surface area (Å²) in [7, 11) is 0. The molecule has 0 aromatic heterocycles. The van der Waals surface area contributed by atoms with Gasteiger partial charge in [-0.3, -0.25) is 4.79 Å². The van der Waals surface area contributed by atoms with E-state index in [9.17, 15) is 9.18 Å². The van der Waals surface area contributed by atoms with Crippen molar-refractivity contribution in [2.45, 2.75) is 31.7 Å². The molecule has 0 aliphatic carbocycles. The second-order valence-corrected chi connectivity index (χ2v) is 6.01. The maximum Gasteiger partial charge on any atom is 0.228 e. The number of hydrogen-bond acceptors (Lipinski definition) is 3. The summed E-state index contributed by atoms with van der Waals surface area (Å²) in [6.07, 6.45) is 3.85. The molecule has 1 amide bonds. The van der Waals surface area contributed by atoms with E-state index >= 15 is 0 Å². The van der Waals surface area contributed by atoms with Crippen LogP contribution in [0.2, 0.25) is 0 Å². The van der Waals surface area contributed by atoms with E-state index in [1.54, 1.807) is 12.1 Å². The summed E-state index contributed by atoms with van der Waals surface area (Å²) in [4.78, 5) is 14.6. The fourth-order valence-corrected chi connectivity index (χ4v) is 3.19. The highest BCUT2D eigenvalue weighted by atomic mass is 19.1. The number of amides is 1. The van der Waals surface area contributed by atoms with Crippen molar-refractivity contribution in [1.82, 2.24) is 4.90 Å². The van der Waals surface area contributed by atoms with Crippen LogP contribution in [-0.2, 0) is 9.53 Å². The number of benzene rings is 1. The summed E-state index contributed by atoms with van der Waals surface area (Å²) in [6, 6.07) is 6.11. The van der Waals surface area contributed by atoms with Crippen molar-refractivity contribution in [3.8, 4) is 5.75 Å². The Kier molecular flexibility index (Phi) is 4.93. The first-order valence-corrected chi connectivity index (χ1v) is 8.00. The molecule has 0 saturated carbocycles. The molecule has 2 saturated heterocycles. The average Bonchev–Trinajstić information content (AvgIpc) is 3.03. The minimum atomic E-state index is -0.276. The number of ether oxygens (including phenoxy) is 2. The Morgan fingerprint density at radius 2 is 2.09 bits per heavy atom. The number of hydrogen-bond donors (Lipinski definition) is 0. The second-order valence-electron chi connectivity index (χ2n) is 6.01. The van der Waals surface area contributed by atoms with Crippen LogP contribution in [0.25, 0.3) is 0 Å². The normalized spacial score (nSPS) is 25.2. The Morgan fingerprint density at radius 3 is 2.82 bits per heavy atom. The van der Waals surface area contributed by atoms with Crippen molar-refractivity contribution in [3.05, 3.63) is 30.1 Å². The third-order valence-corrected chi connectivity index (χ3v) is 4.43. The van der Waals surface area contributed by atoms with E-state index in [1.165, 1.54) is 12.1 Å². The van der Waals surface area contributed by atoms with Gasteiger partial charge in [0.15, 0.2) is 0 Å². The van der Waals surface area contributed by atoms with Gasteiger partial charge in [0, 0.05) is 13.2 Å². The number of nitrogens with zero attached hydrogens (tertiary/aromatic N) is 1. The van der Waals surface area contributed by atoms with E-state index < -0.39 is 0 Å². The topological polar surface area (TPSA) is 38.8 Å². The lowest BCUT2D eigenvalue weighted by Crippen LogP contribution is -2.44. The Morgan fingerprint density at radius 1 is 1.27 bits per heavy atom. The molecule has 0 unspecified atom stereocenters. The van der Waals surface area contributed by atoms with Crippen LogP contribution in [0.5, 0.6) is 5.75 Å². The molecule has 1 aromatic rings. The third-order valence-electron chi connectivity index (χ3n) is 4.43. The highest BCUT2D eigenvalue weighted by Gasteiger charge is 2.34. The zero-order valence-corrected chi connectivity index (χ0v) is 12.7. The Balaban J connectivity index is 1.55. The van der Waals surface area contributed by atoms with Gasteiger partial charge in [0.1, 0.15) is 18.2 Å². The van der Waals surface area contributed by atoms with Gasteiger partial charge in [-0.05, 0) is 49.9 Å². The summed E-state index contributed by atoms with van der Waals surface area (Å²) in [5.41, 5.74) is 0. The summed E-state index contributed by atoms with van der Waals surface area (Å²) in [5.74, 6) is 0.564. The van der Waals surface area contributed by atoms with Crippen LogP contribution in [0.15, 0.2) is 24.3 Å². The van der Waals surface area contributed by atoms with Crippen LogP contribution in [0.4, 0.5) is 4.39 Å². The van der Waals surface area contributed by atoms with Crippen LogP contribution < -0.4 is 4.74 Å². The maximum atomic E-state index is 12.9. The summed E-state index contributed by atoms with van der Waals surface area (Å²) in [5, 5.41) is 0. The van der Waals surface area contributed by atoms with Gasteiger partial charge in [0.05, 0.1) is 18.6 Å². The molecular weight excluding hydrogens is 285 g/mol. The molecule has 0 spiro atoms. The van der Waals surface area contributed by atoms with Gasteiger partial charge < -0.3 is 14.4 Å². The SMILES string of the molecule is O=C([C@H]1CCCOC1)N1CCC[C@@H]1COc1ccc(F)cc1. The first kappa shape index (κ1) is 15.3. The molecule has 4 nitrogen and oxygen atoms in total. The van der Waals surface area contributed by atoms with Crippen molar-refractivity contribution in [3.63, 3.8) is 0 Å². The molecule has 0 N–H and O–H groups in total. The van der Waals surface area contributed by atoms with Gasteiger partial charge >= 0.3 is 0 Å². The minimum absolute atomic E-state index is 0.000158. The van der Waals surface area contributed by atoms with Crippen LogP contribution >= 0.6 is 0 Å². The smallest absolute Gasteiger partial charge is 0.228 e. The van der Waals surface area contributed by atoms with E-state index in [1.807, 2.05) is 4.90 Å². The maximum absolute atomic E-state index is 12.9. The van der Waals surface area contributed by atoms with E-state index in [0.717, 1.165) is 38.8 Å². The summed E-state index contributed by atoms with van der Waals surface area (Å²) in [6.45, 7) is 2.57. The summed E-state index contributed by atoms with van der Waals surface area (Å²) < 4.78 is 24.0. The molecule has 120 valence electrons. The molecule has 2 atom stereocenters. The average molecular weight is 307 g/mol. The molecular formula is C17H22FNO3. The highest BCUT2D eigenvalue weighted by molar-refractivity contribution is 5.79. The number of halogens is 1. The third kappa shape index (κ3) is 3.58. The zero-order valence-electron chi connectivity index (χ0n) is 12.7. The number of likely N-dealkylation sites (tertiary alicyclic amines) is 1. The van der Waals surface area contributed by atoms with Gasteiger partial charge in [-0.1, -0.05) is 0 Å². The molecule has 2 aliphatic rings. The van der Waals surface area contributed by atoms with Gasteiger partial charge in [0.2, 0.25) is 5.91 Å². The molecule has 5 heteroatoms. The van der Waals surface area contributed by atoms with Gasteiger partial charge in [-0.25, -0.2) is 4.39 Å². The molecule has 22 heavy (non-hydrogen) atoms. The van der Waals surface area contributed by atoms with Crippen molar-refractivity contribution >= 4 is 5.91 Å². The van der Waals surface area contributed by atoms with E-state index in [4.69, 9.17) is 9.47 Å². The lowest BCUT2D eigenvalue weighted by atomic mass is 10.0. The van der Waals surface area contributed by atoms with Crippen LogP contribution in [-0.4, -0.2) is 43.2 Å². The fourth-order valence-electron chi connectivity index (χ4n) is 3.19. The second kappa shape index (κ2) is 7.09. The molecule has 3 rings (SSSR count). The van der Waals surface area contributed by atoms with Gasteiger partial charge in [0.25, 0.3) is 0 Å². The van der Waals surface area contributed by atoms with Crippen molar-refractivity contribution < 1.29 is 18.7 Å². The molecule has 2 heterocycles. The van der Waals surface area contributed by atoms with Crippen LogP contribution in [0.3, 0.4) is 0 Å². The van der Waals surface area contributed by atoms with Crippen LogP contribution in [0, 0.1) is 11.7 Å². The molecule has 0 bridgehead atoms. The van der Waals surface area contributed by atoms with Crippen molar-refractivity contribution in [1.29, 1.82) is 0 Å². The van der Waals surface area contributed by atoms with Crippen molar-refractivity contribution in [2.75, 3.05) is 26.4 Å². The van der Waals surface area contributed by atoms with Crippen LogP contribution in [0.1, 0.15) is 25.7 Å². The van der Waals surface area contributed by atoms with E-state index in [-0.39, 0.29) is 23.7 Å². The summed E-state index contributed by atoms with van der Waals surface area (Å²) >= 11 is 0. The molecule has 0 radical (unpaired) electrons. The van der Waals surface area contributed by atoms with Crippen molar-refractivity contribution in [2.24, 2.45) is 5.92 Å². The van der Waals surface area contributed by atoms with E-state index in [2.05, 4.69) is 0 Å². The number of carbonyl (C=O) groups is 1. The quantitative estimate of drug-likeness (QED) is 0.858. The predicted molar refractivity (Wildman–Crippen MR) is 80.2 cm³/mol. The Labute approximate surface area is 130 Å². The first-order chi connectivity index (χ1) is 10.7. The Bertz CT molecular complexity index is 499. The molecule has 2 fully saturated rings.